The quantitative estimate of drug-likeness (QED) is 0.575. The standard InChI is InChI=1S/C21H22N2O4/c1-27-16-11-9-15(10-12-16)6-4-5-13-22-19(24)14-23-20(25)17-7-2-3-8-18(17)21(23)26/h2-3,7-12H,4-6,13-14H2,1H3,(H,22,24). The molecule has 0 fully saturated rings. The molecule has 0 bridgehead atoms. The first-order valence-electron chi connectivity index (χ1n) is 8.95. The zero-order valence-corrected chi connectivity index (χ0v) is 15.2. The molecule has 1 aliphatic heterocycles. The molecule has 6 nitrogen and oxygen atoms in total. The zero-order chi connectivity index (χ0) is 19.2. The van der Waals surface area contributed by atoms with Crippen LogP contribution >= 0.6 is 0 Å². The lowest BCUT2D eigenvalue weighted by Gasteiger charge is -2.13. The molecule has 0 aromatic heterocycles. The number of aryl methyl sites for hydroxylation is 1. The number of carbonyl (C=O) groups is 3. The molecule has 0 saturated carbocycles. The van der Waals surface area contributed by atoms with Crippen molar-refractivity contribution in [2.24, 2.45) is 0 Å². The molecular formula is C21H22N2O4. The molecular weight excluding hydrogens is 344 g/mol. The number of hydrogen-bond acceptors (Lipinski definition) is 4. The summed E-state index contributed by atoms with van der Waals surface area (Å²) in [5.74, 6) is -0.316. The third-order valence-corrected chi connectivity index (χ3v) is 4.55. The third-order valence-electron chi connectivity index (χ3n) is 4.55. The van der Waals surface area contributed by atoms with E-state index in [0.29, 0.717) is 17.7 Å². The van der Waals surface area contributed by atoms with Gasteiger partial charge in [-0.3, -0.25) is 19.3 Å². The van der Waals surface area contributed by atoms with E-state index in [1.54, 1.807) is 31.4 Å². The van der Waals surface area contributed by atoms with Crippen molar-refractivity contribution < 1.29 is 19.1 Å². The number of hydrogen-bond donors (Lipinski definition) is 1. The minimum absolute atomic E-state index is 0.245. The van der Waals surface area contributed by atoms with Gasteiger partial charge in [0, 0.05) is 6.54 Å². The monoisotopic (exact) mass is 366 g/mol. The third kappa shape index (κ3) is 4.34. The van der Waals surface area contributed by atoms with Crippen molar-refractivity contribution in [1.82, 2.24) is 10.2 Å². The summed E-state index contributed by atoms with van der Waals surface area (Å²) >= 11 is 0. The Balaban J connectivity index is 1.39. The van der Waals surface area contributed by atoms with Gasteiger partial charge < -0.3 is 10.1 Å². The van der Waals surface area contributed by atoms with E-state index < -0.39 is 11.8 Å². The van der Waals surface area contributed by atoms with Gasteiger partial charge in [0.25, 0.3) is 11.8 Å². The number of imide groups is 1. The molecule has 0 unspecified atom stereocenters. The van der Waals surface area contributed by atoms with Gasteiger partial charge >= 0.3 is 0 Å². The molecule has 140 valence electrons. The molecule has 2 aromatic carbocycles. The van der Waals surface area contributed by atoms with Crippen LogP contribution in [0.15, 0.2) is 48.5 Å². The molecule has 1 aliphatic rings. The van der Waals surface area contributed by atoms with Gasteiger partial charge in [-0.1, -0.05) is 24.3 Å². The Labute approximate surface area is 158 Å². The Bertz CT molecular complexity index is 811. The number of nitrogens with one attached hydrogen (secondary N) is 1. The number of ether oxygens (including phenoxy) is 1. The van der Waals surface area contributed by atoms with Gasteiger partial charge in [-0.2, -0.15) is 0 Å². The van der Waals surface area contributed by atoms with E-state index >= 15 is 0 Å². The summed E-state index contributed by atoms with van der Waals surface area (Å²) in [6.07, 6.45) is 2.66. The normalized spacial score (nSPS) is 12.9. The lowest BCUT2D eigenvalue weighted by molar-refractivity contribution is -0.121. The predicted octanol–water partition coefficient (Wildman–Crippen LogP) is 2.43. The van der Waals surface area contributed by atoms with Gasteiger partial charge in [0.1, 0.15) is 12.3 Å². The second-order valence-electron chi connectivity index (χ2n) is 6.40. The largest absolute Gasteiger partial charge is 0.497 e. The van der Waals surface area contributed by atoms with E-state index in [9.17, 15) is 14.4 Å². The highest BCUT2D eigenvalue weighted by atomic mass is 16.5. The van der Waals surface area contributed by atoms with Crippen LogP contribution in [-0.2, 0) is 11.2 Å². The first kappa shape index (κ1) is 18.6. The minimum Gasteiger partial charge on any atom is -0.497 e. The molecule has 0 spiro atoms. The molecule has 0 radical (unpaired) electrons. The van der Waals surface area contributed by atoms with Crippen LogP contribution in [0.5, 0.6) is 5.75 Å². The molecule has 3 rings (SSSR count). The Morgan fingerprint density at radius 2 is 1.59 bits per heavy atom. The number of amides is 3. The van der Waals surface area contributed by atoms with E-state index in [1.165, 1.54) is 5.56 Å². The van der Waals surface area contributed by atoms with Crippen LogP contribution in [0.25, 0.3) is 0 Å². The van der Waals surface area contributed by atoms with Gasteiger partial charge in [0.15, 0.2) is 0 Å². The summed E-state index contributed by atoms with van der Waals surface area (Å²) in [5.41, 5.74) is 1.93. The molecule has 27 heavy (non-hydrogen) atoms. The fourth-order valence-corrected chi connectivity index (χ4v) is 3.06. The molecule has 2 aromatic rings. The molecule has 1 N–H and O–H groups in total. The fraction of sp³-hybridized carbons (Fsp3) is 0.286. The van der Waals surface area contributed by atoms with Gasteiger partial charge in [0.2, 0.25) is 5.91 Å². The summed E-state index contributed by atoms with van der Waals surface area (Å²) in [6, 6.07) is 14.5. The number of rotatable bonds is 8. The maximum Gasteiger partial charge on any atom is 0.262 e. The molecule has 6 heteroatoms. The zero-order valence-electron chi connectivity index (χ0n) is 15.2. The number of unbranched alkanes of at least 4 members (excludes halogenated alkanes) is 1. The first-order valence-corrected chi connectivity index (χ1v) is 8.95. The molecule has 0 aliphatic carbocycles. The Hall–Kier alpha value is -3.15. The highest BCUT2D eigenvalue weighted by Crippen LogP contribution is 2.21. The summed E-state index contributed by atoms with van der Waals surface area (Å²) in [4.78, 5) is 37.5. The van der Waals surface area contributed by atoms with E-state index in [0.717, 1.165) is 29.9 Å². The van der Waals surface area contributed by atoms with Gasteiger partial charge in [0.05, 0.1) is 18.2 Å². The maximum atomic E-state index is 12.2. The van der Waals surface area contributed by atoms with Crippen molar-refractivity contribution in [2.45, 2.75) is 19.3 Å². The van der Waals surface area contributed by atoms with Crippen LogP contribution in [0, 0.1) is 0 Å². The average Bonchev–Trinajstić information content (AvgIpc) is 2.93. The highest BCUT2D eigenvalue weighted by molar-refractivity contribution is 6.22. The maximum absolute atomic E-state index is 12.2. The smallest absolute Gasteiger partial charge is 0.262 e. The minimum atomic E-state index is -0.412. The van der Waals surface area contributed by atoms with Gasteiger partial charge in [-0.05, 0) is 49.1 Å². The number of carbonyl (C=O) groups excluding carboxylic acids is 3. The van der Waals surface area contributed by atoms with Crippen LogP contribution in [0.3, 0.4) is 0 Å². The second-order valence-corrected chi connectivity index (χ2v) is 6.40. The highest BCUT2D eigenvalue weighted by Gasteiger charge is 2.36. The average molecular weight is 366 g/mol. The van der Waals surface area contributed by atoms with Crippen molar-refractivity contribution >= 4 is 17.7 Å². The second kappa shape index (κ2) is 8.49. The Kier molecular flexibility index (Phi) is 5.86. The molecule has 1 heterocycles. The lowest BCUT2D eigenvalue weighted by Crippen LogP contribution is -2.40. The van der Waals surface area contributed by atoms with Crippen LogP contribution in [-0.4, -0.2) is 42.8 Å². The molecule has 3 amide bonds. The summed E-state index contributed by atoms with van der Waals surface area (Å²) in [5, 5.41) is 2.78. The Morgan fingerprint density at radius 3 is 2.19 bits per heavy atom. The summed E-state index contributed by atoms with van der Waals surface area (Å²) in [6.45, 7) is 0.267. The molecule has 0 atom stereocenters. The van der Waals surface area contributed by atoms with Gasteiger partial charge in [-0.25, -0.2) is 0 Å². The van der Waals surface area contributed by atoms with Crippen LogP contribution in [0.2, 0.25) is 0 Å². The van der Waals surface area contributed by atoms with Gasteiger partial charge in [-0.15, -0.1) is 0 Å². The number of benzene rings is 2. The van der Waals surface area contributed by atoms with Crippen molar-refractivity contribution in [3.8, 4) is 5.75 Å². The van der Waals surface area contributed by atoms with Crippen LogP contribution in [0.4, 0.5) is 0 Å². The summed E-state index contributed by atoms with van der Waals surface area (Å²) in [7, 11) is 1.64. The van der Waals surface area contributed by atoms with E-state index in [2.05, 4.69) is 5.32 Å². The number of methoxy groups -OCH3 is 1. The first-order chi connectivity index (χ1) is 13.1. The topological polar surface area (TPSA) is 75.7 Å². The fourth-order valence-electron chi connectivity index (χ4n) is 3.06. The van der Waals surface area contributed by atoms with Crippen LogP contribution in [0.1, 0.15) is 39.1 Å². The van der Waals surface area contributed by atoms with Crippen molar-refractivity contribution in [3.05, 3.63) is 65.2 Å². The van der Waals surface area contributed by atoms with E-state index in [-0.39, 0.29) is 12.5 Å². The van der Waals surface area contributed by atoms with Crippen LogP contribution < -0.4 is 10.1 Å². The number of nitrogens with zero attached hydrogens (tertiary/aromatic N) is 1. The van der Waals surface area contributed by atoms with Crippen molar-refractivity contribution in [2.75, 3.05) is 20.2 Å². The molecule has 0 saturated heterocycles. The van der Waals surface area contributed by atoms with E-state index in [4.69, 9.17) is 4.74 Å². The Morgan fingerprint density at radius 1 is 0.963 bits per heavy atom. The summed E-state index contributed by atoms with van der Waals surface area (Å²) < 4.78 is 5.13. The number of fused-ring (bicyclic) bond motifs is 1. The predicted molar refractivity (Wildman–Crippen MR) is 101 cm³/mol. The SMILES string of the molecule is COc1ccc(CCCCNC(=O)CN2C(=O)c3ccccc3C2=O)cc1. The van der Waals surface area contributed by atoms with E-state index in [1.807, 2.05) is 24.3 Å². The lowest BCUT2D eigenvalue weighted by atomic mass is 10.1. The van der Waals surface area contributed by atoms with Crippen molar-refractivity contribution in [3.63, 3.8) is 0 Å². The van der Waals surface area contributed by atoms with Crippen molar-refractivity contribution in [1.29, 1.82) is 0 Å².